The van der Waals surface area contributed by atoms with Crippen LogP contribution >= 0.6 is 11.6 Å². The first-order valence-electron chi connectivity index (χ1n) is 11.6. The summed E-state index contributed by atoms with van der Waals surface area (Å²) in [7, 11) is 0. The first kappa shape index (κ1) is 24.4. The molecular formula is C27H23ClN6O3. The van der Waals surface area contributed by atoms with Crippen molar-refractivity contribution in [2.45, 2.75) is 25.9 Å². The minimum absolute atomic E-state index is 0.0637. The average molecular weight is 515 g/mol. The molecule has 4 aromatic rings. The Morgan fingerprint density at radius 3 is 2.46 bits per heavy atom. The number of benzene rings is 3. The number of amides is 2. The predicted molar refractivity (Wildman–Crippen MR) is 138 cm³/mol. The molecule has 9 nitrogen and oxygen atoms in total. The Morgan fingerprint density at radius 1 is 1.00 bits per heavy atom. The molecule has 1 aromatic heterocycles. The number of nitrogens with one attached hydrogen (secondary N) is 2. The first-order valence-corrected chi connectivity index (χ1v) is 12.0. The van der Waals surface area contributed by atoms with Gasteiger partial charge in [-0.25, -0.2) is 5.48 Å². The van der Waals surface area contributed by atoms with Crippen LogP contribution in [-0.4, -0.2) is 37.5 Å². The standard InChI is InChI=1S/C27H23ClN6O3/c1-16-31-32-26-22(14-24(35)29-15-17-6-8-19(9-7-17)27(36)33-37)30-25(18-10-12-20(28)13-11-18)21-4-2-3-5-23(21)34(16)26/h2-13,22,37H,14-15H2,1H3,(H,29,35)(H,33,36)/t22-/m0/s1. The first-order chi connectivity index (χ1) is 17.9. The third-order valence-corrected chi connectivity index (χ3v) is 6.39. The zero-order valence-corrected chi connectivity index (χ0v) is 20.6. The number of carbonyl (C=O) groups is 2. The van der Waals surface area contributed by atoms with Crippen LogP contribution in [0.1, 0.15) is 51.2 Å². The van der Waals surface area contributed by atoms with Gasteiger partial charge >= 0.3 is 0 Å². The van der Waals surface area contributed by atoms with E-state index in [1.165, 1.54) is 0 Å². The second-order valence-corrected chi connectivity index (χ2v) is 9.01. The topological polar surface area (TPSA) is 122 Å². The van der Waals surface area contributed by atoms with Crippen LogP contribution in [0.15, 0.2) is 77.8 Å². The molecule has 37 heavy (non-hydrogen) atoms. The quantitative estimate of drug-likeness (QED) is 0.266. The average Bonchev–Trinajstić information content (AvgIpc) is 3.24. The molecule has 3 aromatic carbocycles. The fraction of sp³-hybridized carbons (Fsp3) is 0.148. The molecule has 0 unspecified atom stereocenters. The molecule has 1 atom stereocenters. The van der Waals surface area contributed by atoms with Gasteiger partial charge in [0.15, 0.2) is 5.82 Å². The van der Waals surface area contributed by atoms with Crippen molar-refractivity contribution in [1.82, 2.24) is 25.6 Å². The van der Waals surface area contributed by atoms with E-state index in [0.717, 1.165) is 28.1 Å². The number of carbonyl (C=O) groups excluding carboxylic acids is 2. The third-order valence-electron chi connectivity index (χ3n) is 6.14. The SMILES string of the molecule is Cc1nnc2n1-c1ccccc1C(c1ccc(Cl)cc1)=N[C@H]2CC(=O)NCc1ccc(C(=O)NO)cc1. The van der Waals surface area contributed by atoms with Crippen molar-refractivity contribution in [3.05, 3.63) is 112 Å². The number of rotatable bonds is 6. The van der Waals surface area contributed by atoms with Crippen molar-refractivity contribution in [3.8, 4) is 5.69 Å². The molecule has 0 saturated heterocycles. The van der Waals surface area contributed by atoms with Gasteiger partial charge < -0.3 is 5.32 Å². The molecule has 1 aliphatic rings. The van der Waals surface area contributed by atoms with Gasteiger partial charge in [0.1, 0.15) is 11.9 Å². The van der Waals surface area contributed by atoms with Crippen LogP contribution in [0.2, 0.25) is 5.02 Å². The highest BCUT2D eigenvalue weighted by molar-refractivity contribution is 6.30. The summed E-state index contributed by atoms with van der Waals surface area (Å²) in [6.45, 7) is 2.14. The van der Waals surface area contributed by atoms with E-state index < -0.39 is 11.9 Å². The number of halogens is 1. The van der Waals surface area contributed by atoms with Gasteiger partial charge in [-0.1, -0.05) is 54.1 Å². The number of aryl methyl sites for hydroxylation is 1. The number of aromatic nitrogens is 3. The van der Waals surface area contributed by atoms with Gasteiger partial charge in [0.25, 0.3) is 5.91 Å². The van der Waals surface area contributed by atoms with E-state index in [2.05, 4.69) is 15.5 Å². The molecule has 186 valence electrons. The largest absolute Gasteiger partial charge is 0.352 e. The fourth-order valence-corrected chi connectivity index (χ4v) is 4.43. The highest BCUT2D eigenvalue weighted by Gasteiger charge is 2.29. The fourth-order valence-electron chi connectivity index (χ4n) is 4.31. The van der Waals surface area contributed by atoms with Gasteiger partial charge in [0.05, 0.1) is 17.8 Å². The number of hydrogen-bond acceptors (Lipinski definition) is 6. The lowest BCUT2D eigenvalue weighted by Crippen LogP contribution is -2.25. The summed E-state index contributed by atoms with van der Waals surface area (Å²) in [5.41, 5.74) is 6.14. The van der Waals surface area contributed by atoms with Crippen molar-refractivity contribution in [3.63, 3.8) is 0 Å². The van der Waals surface area contributed by atoms with E-state index in [9.17, 15) is 9.59 Å². The van der Waals surface area contributed by atoms with Crippen molar-refractivity contribution >= 4 is 29.1 Å². The molecule has 2 amide bonds. The predicted octanol–water partition coefficient (Wildman–Crippen LogP) is 3.95. The Morgan fingerprint density at radius 2 is 1.73 bits per heavy atom. The third kappa shape index (κ3) is 5.00. The Hall–Kier alpha value is -4.34. The van der Waals surface area contributed by atoms with Gasteiger partial charge in [0, 0.05) is 28.3 Å². The van der Waals surface area contributed by atoms with E-state index in [1.807, 2.05) is 60.0 Å². The molecule has 2 heterocycles. The summed E-state index contributed by atoms with van der Waals surface area (Å²) in [6.07, 6.45) is 0.0637. The number of fused-ring (bicyclic) bond motifs is 3. The summed E-state index contributed by atoms with van der Waals surface area (Å²) in [4.78, 5) is 29.6. The Balaban J connectivity index is 1.44. The van der Waals surface area contributed by atoms with Crippen molar-refractivity contribution < 1.29 is 14.8 Å². The smallest absolute Gasteiger partial charge is 0.274 e. The van der Waals surface area contributed by atoms with Gasteiger partial charge in [-0.2, -0.15) is 0 Å². The number of nitrogens with zero attached hydrogens (tertiary/aromatic N) is 4. The maximum Gasteiger partial charge on any atom is 0.274 e. The maximum absolute atomic E-state index is 13.0. The summed E-state index contributed by atoms with van der Waals surface area (Å²) < 4.78 is 1.95. The molecule has 0 saturated carbocycles. The molecule has 0 aliphatic carbocycles. The maximum atomic E-state index is 13.0. The van der Waals surface area contributed by atoms with Crippen LogP contribution in [0.5, 0.6) is 0 Å². The second kappa shape index (κ2) is 10.3. The van der Waals surface area contributed by atoms with Gasteiger partial charge in [-0.05, 0) is 42.8 Å². The van der Waals surface area contributed by atoms with E-state index in [-0.39, 0.29) is 18.9 Å². The number of para-hydroxylation sites is 1. The molecule has 3 N–H and O–H groups in total. The zero-order valence-electron chi connectivity index (χ0n) is 19.9. The van der Waals surface area contributed by atoms with Crippen molar-refractivity contribution in [2.75, 3.05) is 0 Å². The number of aliphatic imine (C=N–C) groups is 1. The molecule has 5 rings (SSSR count). The van der Waals surface area contributed by atoms with Crippen LogP contribution in [-0.2, 0) is 11.3 Å². The number of hydrogen-bond donors (Lipinski definition) is 3. The van der Waals surface area contributed by atoms with E-state index in [0.29, 0.717) is 22.2 Å². The normalized spacial score (nSPS) is 14.1. The molecule has 0 bridgehead atoms. The van der Waals surface area contributed by atoms with Crippen LogP contribution in [0.25, 0.3) is 5.69 Å². The Labute approximate surface area is 217 Å². The van der Waals surface area contributed by atoms with Crippen LogP contribution in [0.4, 0.5) is 0 Å². The molecule has 10 heteroatoms. The second-order valence-electron chi connectivity index (χ2n) is 8.58. The zero-order chi connectivity index (χ0) is 25.9. The highest BCUT2D eigenvalue weighted by atomic mass is 35.5. The molecule has 1 aliphatic heterocycles. The van der Waals surface area contributed by atoms with Gasteiger partial charge in [-0.3, -0.25) is 24.4 Å². The summed E-state index contributed by atoms with van der Waals surface area (Å²) in [5.74, 6) is 0.481. The summed E-state index contributed by atoms with van der Waals surface area (Å²) in [5, 5.41) is 21.0. The Kier molecular flexibility index (Phi) is 6.80. The molecule has 0 radical (unpaired) electrons. The lowest BCUT2D eigenvalue weighted by Gasteiger charge is -2.13. The van der Waals surface area contributed by atoms with E-state index in [4.69, 9.17) is 21.8 Å². The summed E-state index contributed by atoms with van der Waals surface area (Å²) >= 11 is 6.13. The van der Waals surface area contributed by atoms with Crippen molar-refractivity contribution in [2.24, 2.45) is 4.99 Å². The molecule has 0 fully saturated rings. The number of hydroxylamine groups is 1. The van der Waals surface area contributed by atoms with E-state index in [1.54, 1.807) is 29.7 Å². The van der Waals surface area contributed by atoms with Gasteiger partial charge in [0.2, 0.25) is 5.91 Å². The van der Waals surface area contributed by atoms with Crippen LogP contribution in [0.3, 0.4) is 0 Å². The molecule has 0 spiro atoms. The summed E-state index contributed by atoms with van der Waals surface area (Å²) in [6, 6.07) is 21.3. The Bertz CT molecular complexity index is 1500. The van der Waals surface area contributed by atoms with Gasteiger partial charge in [-0.15, -0.1) is 10.2 Å². The van der Waals surface area contributed by atoms with E-state index >= 15 is 0 Å². The lowest BCUT2D eigenvalue weighted by molar-refractivity contribution is -0.121. The van der Waals surface area contributed by atoms with Crippen LogP contribution in [0, 0.1) is 6.92 Å². The monoisotopic (exact) mass is 514 g/mol. The minimum Gasteiger partial charge on any atom is -0.352 e. The van der Waals surface area contributed by atoms with Crippen molar-refractivity contribution in [1.29, 1.82) is 0 Å². The van der Waals surface area contributed by atoms with Crippen LogP contribution < -0.4 is 10.8 Å². The highest BCUT2D eigenvalue weighted by Crippen LogP contribution is 2.32. The molecular weight excluding hydrogens is 492 g/mol. The lowest BCUT2D eigenvalue weighted by atomic mass is 10.0. The minimum atomic E-state index is -0.598.